The molecule has 0 spiro atoms. The first-order valence-corrected chi connectivity index (χ1v) is 6.66. The van der Waals surface area contributed by atoms with Crippen molar-refractivity contribution in [2.45, 2.75) is 32.6 Å². The fourth-order valence-corrected chi connectivity index (χ4v) is 2.18. The van der Waals surface area contributed by atoms with Crippen molar-refractivity contribution in [3.8, 4) is 11.4 Å². The molecule has 0 fully saturated rings. The Bertz CT molecular complexity index is 547. The van der Waals surface area contributed by atoms with Gasteiger partial charge in [-0.1, -0.05) is 45.0 Å². The first-order chi connectivity index (χ1) is 8.93. The van der Waals surface area contributed by atoms with Crippen LogP contribution in [0.15, 0.2) is 30.5 Å². The molecule has 2 aromatic rings. The fourth-order valence-electron chi connectivity index (χ4n) is 2.18. The number of nitrogens with zero attached hydrogens (tertiary/aromatic N) is 2. The molecule has 3 heteroatoms. The van der Waals surface area contributed by atoms with E-state index in [4.69, 9.17) is 5.11 Å². The molecule has 1 heterocycles. The number of benzene rings is 1. The molecule has 102 valence electrons. The molecule has 3 nitrogen and oxygen atoms in total. The lowest BCUT2D eigenvalue weighted by atomic mass is 9.87. The lowest BCUT2D eigenvalue weighted by Gasteiger charge is -2.19. The van der Waals surface area contributed by atoms with Crippen molar-refractivity contribution in [3.63, 3.8) is 0 Å². The van der Waals surface area contributed by atoms with Crippen molar-refractivity contribution in [2.75, 3.05) is 6.61 Å². The number of hydrogen-bond acceptors (Lipinski definition) is 2. The van der Waals surface area contributed by atoms with Crippen LogP contribution in [0, 0.1) is 0 Å². The zero-order chi connectivity index (χ0) is 14.0. The highest BCUT2D eigenvalue weighted by Crippen LogP contribution is 2.25. The van der Waals surface area contributed by atoms with E-state index in [1.54, 1.807) is 0 Å². The van der Waals surface area contributed by atoms with Crippen LogP contribution in [0.1, 0.15) is 32.0 Å². The van der Waals surface area contributed by atoms with Gasteiger partial charge in [0, 0.05) is 37.5 Å². The highest BCUT2D eigenvalue weighted by molar-refractivity contribution is 5.57. The molecule has 1 N–H and O–H groups in total. The summed E-state index contributed by atoms with van der Waals surface area (Å²) in [5.41, 5.74) is 3.65. The molecule has 0 bridgehead atoms. The largest absolute Gasteiger partial charge is 0.396 e. The smallest absolute Gasteiger partial charge is 0.139 e. The minimum absolute atomic E-state index is 0.155. The van der Waals surface area contributed by atoms with Crippen molar-refractivity contribution in [1.29, 1.82) is 0 Å². The van der Waals surface area contributed by atoms with Crippen LogP contribution in [0.25, 0.3) is 11.4 Å². The van der Waals surface area contributed by atoms with E-state index >= 15 is 0 Å². The standard InChI is InChI=1S/C16H22N2O/c1-16(2,3)13-7-5-12(6-8-13)15-17-11-14(9-10-19)18(15)4/h5-8,11,19H,9-10H2,1-4H3. The van der Waals surface area contributed by atoms with Crippen molar-refractivity contribution >= 4 is 0 Å². The zero-order valence-corrected chi connectivity index (χ0v) is 12.1. The number of aromatic nitrogens is 2. The van der Waals surface area contributed by atoms with Gasteiger partial charge in [0.2, 0.25) is 0 Å². The minimum atomic E-state index is 0.155. The Labute approximate surface area is 114 Å². The van der Waals surface area contributed by atoms with Gasteiger partial charge in [0.1, 0.15) is 5.82 Å². The van der Waals surface area contributed by atoms with E-state index in [2.05, 4.69) is 50.0 Å². The molecule has 0 aliphatic carbocycles. The number of imidazole rings is 1. The summed E-state index contributed by atoms with van der Waals surface area (Å²) >= 11 is 0. The van der Waals surface area contributed by atoms with Crippen LogP contribution in [-0.2, 0) is 18.9 Å². The van der Waals surface area contributed by atoms with Crippen LogP contribution in [-0.4, -0.2) is 21.3 Å². The summed E-state index contributed by atoms with van der Waals surface area (Å²) < 4.78 is 2.04. The summed E-state index contributed by atoms with van der Waals surface area (Å²) in [7, 11) is 1.99. The number of rotatable bonds is 3. The average Bonchev–Trinajstić information content (AvgIpc) is 2.71. The predicted octanol–water partition coefficient (Wildman–Crippen LogP) is 2.92. The molecular formula is C16H22N2O. The van der Waals surface area contributed by atoms with Gasteiger partial charge >= 0.3 is 0 Å². The predicted molar refractivity (Wildman–Crippen MR) is 78.1 cm³/mol. The van der Waals surface area contributed by atoms with Gasteiger partial charge in [-0.25, -0.2) is 4.98 Å². The average molecular weight is 258 g/mol. The molecule has 1 aromatic carbocycles. The fraction of sp³-hybridized carbons (Fsp3) is 0.438. The number of hydrogen-bond donors (Lipinski definition) is 1. The van der Waals surface area contributed by atoms with Crippen LogP contribution in [0.4, 0.5) is 0 Å². The highest BCUT2D eigenvalue weighted by Gasteiger charge is 2.14. The lowest BCUT2D eigenvalue weighted by molar-refractivity contribution is 0.297. The van der Waals surface area contributed by atoms with E-state index < -0.39 is 0 Å². The topological polar surface area (TPSA) is 38.0 Å². The second-order valence-corrected chi connectivity index (χ2v) is 5.93. The van der Waals surface area contributed by atoms with Gasteiger partial charge in [-0.2, -0.15) is 0 Å². The summed E-state index contributed by atoms with van der Waals surface area (Å²) in [6, 6.07) is 8.56. The second-order valence-electron chi connectivity index (χ2n) is 5.93. The molecule has 2 rings (SSSR count). The van der Waals surface area contributed by atoms with E-state index in [0.717, 1.165) is 17.1 Å². The van der Waals surface area contributed by atoms with Crippen LogP contribution in [0.5, 0.6) is 0 Å². The summed E-state index contributed by atoms with van der Waals surface area (Å²) in [6.45, 7) is 6.79. The molecule has 1 aromatic heterocycles. The van der Waals surface area contributed by atoms with Crippen molar-refractivity contribution in [3.05, 3.63) is 41.7 Å². The Kier molecular flexibility index (Phi) is 3.76. The summed E-state index contributed by atoms with van der Waals surface area (Å²) in [4.78, 5) is 4.45. The van der Waals surface area contributed by atoms with Gasteiger partial charge in [-0.3, -0.25) is 0 Å². The first kappa shape index (κ1) is 13.8. The molecule has 0 saturated carbocycles. The first-order valence-electron chi connectivity index (χ1n) is 6.66. The Hall–Kier alpha value is -1.61. The van der Waals surface area contributed by atoms with E-state index in [9.17, 15) is 0 Å². The molecule has 0 unspecified atom stereocenters. The Balaban J connectivity index is 2.32. The maximum atomic E-state index is 9.01. The van der Waals surface area contributed by atoms with Crippen LogP contribution >= 0.6 is 0 Å². The zero-order valence-electron chi connectivity index (χ0n) is 12.1. The van der Waals surface area contributed by atoms with Crippen LogP contribution in [0.3, 0.4) is 0 Å². The molecular weight excluding hydrogens is 236 g/mol. The highest BCUT2D eigenvalue weighted by atomic mass is 16.3. The van der Waals surface area contributed by atoms with Gasteiger partial charge in [-0.15, -0.1) is 0 Å². The SMILES string of the molecule is Cn1c(CCO)cnc1-c1ccc(C(C)(C)C)cc1. The van der Waals surface area contributed by atoms with E-state index in [-0.39, 0.29) is 12.0 Å². The van der Waals surface area contributed by atoms with Gasteiger partial charge in [-0.05, 0) is 11.0 Å². The molecule has 0 atom stereocenters. The maximum absolute atomic E-state index is 9.01. The monoisotopic (exact) mass is 258 g/mol. The Morgan fingerprint density at radius 1 is 1.16 bits per heavy atom. The summed E-state index contributed by atoms with van der Waals surface area (Å²) in [5.74, 6) is 0.948. The summed E-state index contributed by atoms with van der Waals surface area (Å²) in [6.07, 6.45) is 2.48. The number of aliphatic hydroxyl groups is 1. The van der Waals surface area contributed by atoms with Gasteiger partial charge in [0.05, 0.1) is 0 Å². The van der Waals surface area contributed by atoms with Gasteiger partial charge < -0.3 is 9.67 Å². The molecule has 19 heavy (non-hydrogen) atoms. The van der Waals surface area contributed by atoms with E-state index in [1.807, 2.05) is 17.8 Å². The number of aliphatic hydroxyl groups excluding tert-OH is 1. The molecule has 0 aliphatic heterocycles. The molecule has 0 radical (unpaired) electrons. The third kappa shape index (κ3) is 2.87. The van der Waals surface area contributed by atoms with E-state index in [0.29, 0.717) is 6.42 Å². The molecule has 0 saturated heterocycles. The van der Waals surface area contributed by atoms with Gasteiger partial charge in [0.25, 0.3) is 0 Å². The van der Waals surface area contributed by atoms with Gasteiger partial charge in [0.15, 0.2) is 0 Å². The molecule has 0 aliphatic rings. The van der Waals surface area contributed by atoms with Crippen LogP contribution < -0.4 is 0 Å². The lowest BCUT2D eigenvalue weighted by Crippen LogP contribution is -2.10. The molecule has 0 amide bonds. The Morgan fingerprint density at radius 2 is 1.79 bits per heavy atom. The third-order valence-electron chi connectivity index (χ3n) is 3.46. The quantitative estimate of drug-likeness (QED) is 0.919. The minimum Gasteiger partial charge on any atom is -0.396 e. The van der Waals surface area contributed by atoms with Crippen molar-refractivity contribution in [2.24, 2.45) is 7.05 Å². The second kappa shape index (κ2) is 5.17. The van der Waals surface area contributed by atoms with E-state index in [1.165, 1.54) is 5.56 Å². The Morgan fingerprint density at radius 3 is 2.32 bits per heavy atom. The van der Waals surface area contributed by atoms with Crippen LogP contribution in [0.2, 0.25) is 0 Å². The summed E-state index contributed by atoms with van der Waals surface area (Å²) in [5, 5.41) is 9.01. The maximum Gasteiger partial charge on any atom is 0.139 e. The van der Waals surface area contributed by atoms with Crippen molar-refractivity contribution < 1.29 is 5.11 Å². The normalized spacial score (nSPS) is 11.8. The third-order valence-corrected chi connectivity index (χ3v) is 3.46. The van der Waals surface area contributed by atoms with Crippen molar-refractivity contribution in [1.82, 2.24) is 9.55 Å².